The van der Waals surface area contributed by atoms with Crippen LogP contribution in [0, 0.1) is 0 Å². The molecule has 1 aliphatic heterocycles. The first-order valence-electron chi connectivity index (χ1n) is 11.8. The number of thiazole rings is 1. The highest BCUT2D eigenvalue weighted by atomic mass is 32.1. The minimum absolute atomic E-state index is 0.0330. The number of ketones is 1. The molecule has 2 aromatic carbocycles. The van der Waals surface area contributed by atoms with Gasteiger partial charge in [0.05, 0.1) is 18.2 Å². The number of aliphatic hydroxyl groups is 1. The molecule has 1 aliphatic rings. The lowest BCUT2D eigenvalue weighted by Crippen LogP contribution is -2.30. The van der Waals surface area contributed by atoms with Crippen molar-refractivity contribution in [3.63, 3.8) is 0 Å². The number of hydrogen-bond donors (Lipinski definition) is 1. The molecule has 0 radical (unpaired) electrons. The van der Waals surface area contributed by atoms with Gasteiger partial charge >= 0.3 is 0 Å². The van der Waals surface area contributed by atoms with Crippen LogP contribution in [0.3, 0.4) is 0 Å². The topological polar surface area (TPSA) is 79.7 Å². The van der Waals surface area contributed by atoms with E-state index in [2.05, 4.69) is 11.9 Å². The van der Waals surface area contributed by atoms with E-state index in [1.165, 1.54) is 35.2 Å². The molecule has 2 heterocycles. The van der Waals surface area contributed by atoms with E-state index >= 15 is 0 Å². The molecule has 0 aliphatic carbocycles. The minimum atomic E-state index is -0.792. The Hall–Kier alpha value is -3.71. The predicted octanol–water partition coefficient (Wildman–Crippen LogP) is 6.28. The van der Waals surface area contributed by atoms with Crippen LogP contribution in [-0.2, 0) is 9.59 Å². The van der Waals surface area contributed by atoms with Crippen LogP contribution in [-0.4, -0.2) is 28.4 Å². The Balaban J connectivity index is 1.60. The highest BCUT2D eigenvalue weighted by Crippen LogP contribution is 2.42. The maximum absolute atomic E-state index is 13.2. The van der Waals surface area contributed by atoms with Gasteiger partial charge in [-0.05, 0) is 35.8 Å². The lowest BCUT2D eigenvalue weighted by Gasteiger charge is -2.24. The van der Waals surface area contributed by atoms with E-state index in [1.807, 2.05) is 54.6 Å². The van der Waals surface area contributed by atoms with Crippen molar-refractivity contribution in [2.24, 2.45) is 0 Å². The van der Waals surface area contributed by atoms with Crippen molar-refractivity contribution in [1.29, 1.82) is 0 Å². The summed E-state index contributed by atoms with van der Waals surface area (Å²) >= 11 is 1.27. The molecule has 0 saturated heterocycles. The van der Waals surface area contributed by atoms with Gasteiger partial charge in [-0.15, -0.1) is 11.3 Å². The second-order valence-electron chi connectivity index (χ2n) is 8.24. The molecule has 6 nitrogen and oxygen atoms in total. The molecule has 7 heteroatoms. The number of carbonyl (C=O) groups excluding carboxylic acids is 2. The standard InChI is InChI=1S/C28H28N2O4S/c1-2-3-4-8-18-34-22-14-12-21(13-15-22)25-24(23(31)16-11-20-9-6-5-7-10-20)26(32)27(33)30(25)28-29-17-19-35-28/h5-7,9-17,19,25,32H,2-4,8,18H2,1H3/b16-11+. The van der Waals surface area contributed by atoms with Crippen molar-refractivity contribution in [3.8, 4) is 5.75 Å². The van der Waals surface area contributed by atoms with E-state index in [1.54, 1.807) is 17.7 Å². The highest BCUT2D eigenvalue weighted by Gasteiger charge is 2.44. The first kappa shape index (κ1) is 24.4. The predicted molar refractivity (Wildman–Crippen MR) is 139 cm³/mol. The van der Waals surface area contributed by atoms with E-state index < -0.39 is 23.5 Å². The van der Waals surface area contributed by atoms with Crippen molar-refractivity contribution >= 4 is 34.2 Å². The van der Waals surface area contributed by atoms with Crippen molar-refractivity contribution in [2.75, 3.05) is 11.5 Å². The Kier molecular flexibility index (Phi) is 8.11. The maximum Gasteiger partial charge on any atom is 0.296 e. The summed E-state index contributed by atoms with van der Waals surface area (Å²) in [6.07, 6.45) is 9.14. The number of hydrogen-bond acceptors (Lipinski definition) is 6. The zero-order valence-corrected chi connectivity index (χ0v) is 20.4. The number of nitrogens with zero attached hydrogens (tertiary/aromatic N) is 2. The first-order valence-corrected chi connectivity index (χ1v) is 12.6. The number of rotatable bonds is 11. The average molecular weight is 489 g/mol. The number of aliphatic hydroxyl groups excluding tert-OH is 1. The quantitative estimate of drug-likeness (QED) is 0.254. The van der Waals surface area contributed by atoms with Crippen LogP contribution in [0.1, 0.15) is 49.8 Å². The third-order valence-corrected chi connectivity index (χ3v) is 6.56. The van der Waals surface area contributed by atoms with Gasteiger partial charge in [0.25, 0.3) is 5.91 Å². The van der Waals surface area contributed by atoms with E-state index in [4.69, 9.17) is 4.74 Å². The molecule has 35 heavy (non-hydrogen) atoms. The molecule has 1 amide bonds. The number of anilines is 1. The van der Waals surface area contributed by atoms with Gasteiger partial charge in [-0.2, -0.15) is 0 Å². The Morgan fingerprint density at radius 2 is 1.89 bits per heavy atom. The van der Waals surface area contributed by atoms with E-state index in [0.29, 0.717) is 17.3 Å². The molecule has 1 N–H and O–H groups in total. The van der Waals surface area contributed by atoms with Crippen molar-refractivity contribution in [3.05, 3.63) is 94.7 Å². The van der Waals surface area contributed by atoms with Crippen LogP contribution in [0.2, 0.25) is 0 Å². The zero-order valence-electron chi connectivity index (χ0n) is 19.6. The molecule has 0 saturated carbocycles. The van der Waals surface area contributed by atoms with Crippen molar-refractivity contribution in [1.82, 2.24) is 4.98 Å². The van der Waals surface area contributed by atoms with Gasteiger partial charge in [-0.3, -0.25) is 14.5 Å². The maximum atomic E-state index is 13.2. The van der Waals surface area contributed by atoms with Crippen LogP contribution < -0.4 is 9.64 Å². The van der Waals surface area contributed by atoms with Gasteiger partial charge in [0, 0.05) is 11.6 Å². The summed E-state index contributed by atoms with van der Waals surface area (Å²) in [5.74, 6) is -0.901. The minimum Gasteiger partial charge on any atom is -0.503 e. The lowest BCUT2D eigenvalue weighted by atomic mass is 9.95. The molecular weight excluding hydrogens is 460 g/mol. The lowest BCUT2D eigenvalue weighted by molar-refractivity contribution is -0.117. The van der Waals surface area contributed by atoms with Crippen molar-refractivity contribution < 1.29 is 19.4 Å². The summed E-state index contributed by atoms with van der Waals surface area (Å²) in [5, 5.41) is 12.9. The van der Waals surface area contributed by atoms with Crippen LogP contribution in [0.25, 0.3) is 6.08 Å². The fourth-order valence-electron chi connectivity index (χ4n) is 4.00. The number of carbonyl (C=O) groups is 2. The van der Waals surface area contributed by atoms with E-state index in [-0.39, 0.29) is 5.57 Å². The Morgan fingerprint density at radius 3 is 2.57 bits per heavy atom. The fraction of sp³-hybridized carbons (Fsp3) is 0.250. The highest BCUT2D eigenvalue weighted by molar-refractivity contribution is 7.13. The smallest absolute Gasteiger partial charge is 0.296 e. The monoisotopic (exact) mass is 488 g/mol. The zero-order chi connectivity index (χ0) is 24.6. The molecule has 180 valence electrons. The van der Waals surface area contributed by atoms with Gasteiger partial charge in [0.1, 0.15) is 5.75 Å². The molecule has 1 unspecified atom stereocenters. The van der Waals surface area contributed by atoms with Gasteiger partial charge < -0.3 is 9.84 Å². The summed E-state index contributed by atoms with van der Waals surface area (Å²) in [7, 11) is 0. The normalized spacial score (nSPS) is 15.9. The summed E-state index contributed by atoms with van der Waals surface area (Å²) in [6.45, 7) is 2.81. The van der Waals surface area contributed by atoms with Crippen LogP contribution >= 0.6 is 11.3 Å². The third kappa shape index (κ3) is 5.69. The van der Waals surface area contributed by atoms with Gasteiger partial charge in [-0.1, -0.05) is 74.7 Å². The average Bonchev–Trinajstić information content (AvgIpc) is 3.50. The van der Waals surface area contributed by atoms with Crippen LogP contribution in [0.15, 0.2) is 83.6 Å². The molecule has 0 bridgehead atoms. The van der Waals surface area contributed by atoms with Crippen LogP contribution in [0.5, 0.6) is 5.75 Å². The second kappa shape index (κ2) is 11.6. The van der Waals surface area contributed by atoms with E-state index in [0.717, 1.165) is 24.2 Å². The molecule has 0 fully saturated rings. The largest absolute Gasteiger partial charge is 0.503 e. The van der Waals surface area contributed by atoms with Crippen LogP contribution in [0.4, 0.5) is 5.13 Å². The number of benzene rings is 2. The SMILES string of the molecule is CCCCCCOc1ccc(C2C(C(=O)/C=C/c3ccccc3)=C(O)C(=O)N2c2nccs2)cc1. The summed E-state index contributed by atoms with van der Waals surface area (Å²) in [5.41, 5.74) is 1.57. The van der Waals surface area contributed by atoms with E-state index in [9.17, 15) is 14.7 Å². The Bertz CT molecular complexity index is 1200. The second-order valence-corrected chi connectivity index (χ2v) is 9.11. The third-order valence-electron chi connectivity index (χ3n) is 5.79. The molecule has 1 atom stereocenters. The Labute approximate surface area is 209 Å². The number of unbranched alkanes of at least 4 members (excludes halogenated alkanes) is 3. The Morgan fingerprint density at radius 1 is 1.11 bits per heavy atom. The summed E-state index contributed by atoms with van der Waals surface area (Å²) < 4.78 is 5.84. The molecule has 0 spiro atoms. The number of aromatic nitrogens is 1. The summed E-state index contributed by atoms with van der Waals surface area (Å²) in [6, 6.07) is 15.9. The number of allylic oxidation sites excluding steroid dienone is 1. The summed E-state index contributed by atoms with van der Waals surface area (Å²) in [4.78, 5) is 31.9. The first-order chi connectivity index (χ1) is 17.1. The molecular formula is C28H28N2O4S. The fourth-order valence-corrected chi connectivity index (χ4v) is 4.66. The number of amides is 1. The number of ether oxygens (including phenoxy) is 1. The molecule has 3 aromatic rings. The van der Waals surface area contributed by atoms with Gasteiger partial charge in [0.2, 0.25) is 0 Å². The van der Waals surface area contributed by atoms with Gasteiger partial charge in [-0.25, -0.2) is 4.98 Å². The van der Waals surface area contributed by atoms with Gasteiger partial charge in [0.15, 0.2) is 16.7 Å². The van der Waals surface area contributed by atoms with Crippen molar-refractivity contribution in [2.45, 2.75) is 38.6 Å². The molecule has 1 aromatic heterocycles. The molecule has 4 rings (SSSR count).